The van der Waals surface area contributed by atoms with Crippen LogP contribution in [-0.2, 0) is 17.3 Å². The predicted molar refractivity (Wildman–Crippen MR) is 127 cm³/mol. The molecular weight excluding hydrogens is 372 g/mol. The number of hydrogen-bond donors (Lipinski definition) is 0. The second kappa shape index (κ2) is 6.85. The van der Waals surface area contributed by atoms with Crippen LogP contribution in [0.4, 0.5) is 0 Å². The normalized spacial score (nSPS) is 20.1. The Balaban J connectivity index is 1.75. The first-order chi connectivity index (χ1) is 13.5. The minimum atomic E-state index is -1.80. The van der Waals surface area contributed by atoms with Gasteiger partial charge < -0.3 is 9.16 Å². The van der Waals surface area contributed by atoms with Gasteiger partial charge in [0, 0.05) is 11.8 Å². The zero-order valence-electron chi connectivity index (χ0n) is 19.0. The van der Waals surface area contributed by atoms with Crippen molar-refractivity contribution in [3.8, 4) is 5.75 Å². The Morgan fingerprint density at radius 3 is 2.34 bits per heavy atom. The molecule has 3 aromatic rings. The van der Waals surface area contributed by atoms with E-state index in [1.807, 2.05) is 6.07 Å². The minimum absolute atomic E-state index is 0.0657. The lowest BCUT2D eigenvalue weighted by molar-refractivity contribution is 0.0580. The minimum Gasteiger partial charge on any atom is -0.496 e. The van der Waals surface area contributed by atoms with Gasteiger partial charge in [-0.25, -0.2) is 0 Å². The second-order valence-electron chi connectivity index (χ2n) is 10.4. The van der Waals surface area contributed by atoms with E-state index in [1.54, 1.807) is 7.11 Å². The second-order valence-corrected chi connectivity index (χ2v) is 15.2. The van der Waals surface area contributed by atoms with Gasteiger partial charge in [0.1, 0.15) is 5.75 Å². The maximum atomic E-state index is 6.92. The fraction of sp³-hybridized carbons (Fsp3) is 0.462. The Hall–Kier alpha value is -1.84. The number of rotatable bonds is 3. The van der Waals surface area contributed by atoms with Crippen LogP contribution in [0.25, 0.3) is 21.5 Å². The van der Waals surface area contributed by atoms with Gasteiger partial charge in [0.05, 0.1) is 12.7 Å². The van der Waals surface area contributed by atoms with Crippen molar-refractivity contribution in [2.24, 2.45) is 0 Å². The van der Waals surface area contributed by atoms with Gasteiger partial charge in [0.15, 0.2) is 8.32 Å². The molecule has 0 N–H and O–H groups in total. The number of benzene rings is 3. The van der Waals surface area contributed by atoms with E-state index < -0.39 is 8.32 Å². The maximum Gasteiger partial charge on any atom is 0.192 e. The van der Waals surface area contributed by atoms with E-state index in [2.05, 4.69) is 77.2 Å². The molecule has 4 rings (SSSR count). The summed E-state index contributed by atoms with van der Waals surface area (Å²) in [5.74, 6) is 0.942. The fourth-order valence-corrected chi connectivity index (χ4v) is 6.26. The van der Waals surface area contributed by atoms with Crippen molar-refractivity contribution in [3.63, 3.8) is 0 Å². The molecule has 0 radical (unpaired) electrons. The lowest BCUT2D eigenvalue weighted by atomic mass is 9.79. The maximum absolute atomic E-state index is 6.92. The van der Waals surface area contributed by atoms with Crippen LogP contribution in [-0.4, -0.2) is 21.0 Å². The lowest BCUT2D eigenvalue weighted by Crippen LogP contribution is -2.50. The largest absolute Gasteiger partial charge is 0.496 e. The smallest absolute Gasteiger partial charge is 0.192 e. The van der Waals surface area contributed by atoms with Crippen molar-refractivity contribution in [2.45, 2.75) is 70.7 Å². The molecule has 29 heavy (non-hydrogen) atoms. The third-order valence-electron chi connectivity index (χ3n) is 7.18. The van der Waals surface area contributed by atoms with Crippen LogP contribution < -0.4 is 4.74 Å². The molecule has 0 fully saturated rings. The first kappa shape index (κ1) is 20.4. The summed E-state index contributed by atoms with van der Waals surface area (Å²) in [5, 5.41) is 5.35. The Bertz CT molecular complexity index is 1080. The molecule has 0 unspecified atom stereocenters. The van der Waals surface area contributed by atoms with Gasteiger partial charge in [-0.3, -0.25) is 0 Å². The Morgan fingerprint density at radius 1 is 0.966 bits per heavy atom. The highest BCUT2D eigenvalue weighted by atomic mass is 28.4. The Morgan fingerprint density at radius 2 is 1.66 bits per heavy atom. The Kier molecular flexibility index (Phi) is 4.83. The monoisotopic (exact) mass is 406 g/mol. The highest BCUT2D eigenvalue weighted by Gasteiger charge is 2.44. The molecule has 0 bridgehead atoms. The topological polar surface area (TPSA) is 18.5 Å². The van der Waals surface area contributed by atoms with E-state index in [0.29, 0.717) is 0 Å². The number of aryl methyl sites for hydroxylation is 1. The van der Waals surface area contributed by atoms with Gasteiger partial charge in [-0.1, -0.05) is 45.0 Å². The van der Waals surface area contributed by atoms with E-state index >= 15 is 0 Å². The summed E-state index contributed by atoms with van der Waals surface area (Å²) in [7, 11) is -0.0552. The van der Waals surface area contributed by atoms with Crippen LogP contribution in [0.5, 0.6) is 5.75 Å². The fourth-order valence-electron chi connectivity index (χ4n) is 4.55. The number of fused-ring (bicyclic) bond motifs is 4. The van der Waals surface area contributed by atoms with Crippen LogP contribution in [0.2, 0.25) is 18.1 Å². The molecule has 1 aliphatic rings. The van der Waals surface area contributed by atoms with E-state index in [1.165, 1.54) is 32.7 Å². The molecule has 0 amide bonds. The molecule has 3 aromatic carbocycles. The Labute approximate surface area is 176 Å². The molecule has 0 saturated heterocycles. The van der Waals surface area contributed by atoms with Crippen LogP contribution >= 0.6 is 0 Å². The molecule has 0 aliphatic heterocycles. The summed E-state index contributed by atoms with van der Waals surface area (Å²) < 4.78 is 12.5. The summed E-state index contributed by atoms with van der Waals surface area (Å²) >= 11 is 0. The van der Waals surface area contributed by atoms with Crippen molar-refractivity contribution in [3.05, 3.63) is 53.6 Å². The standard InChI is InChI=1S/C26H34O2Si/c1-25(2,3)29(6,7)28-26(4)14-13-21-20(17-26)12-11-19-16-23-18(15-22(19)21)9-8-10-24(23)27-5/h8-12,15-16H,13-14,17H2,1-7H3/t26-/m0/s1. The van der Waals surface area contributed by atoms with Crippen LogP contribution in [0.15, 0.2) is 42.5 Å². The number of ether oxygens (including phenoxy) is 1. The summed E-state index contributed by atoms with van der Waals surface area (Å²) in [4.78, 5) is 0. The average Bonchev–Trinajstić information content (AvgIpc) is 2.64. The van der Waals surface area contributed by atoms with Crippen molar-refractivity contribution < 1.29 is 9.16 Å². The molecule has 1 aliphatic carbocycles. The molecule has 0 aromatic heterocycles. The first-order valence-electron chi connectivity index (χ1n) is 10.7. The third-order valence-corrected chi connectivity index (χ3v) is 11.8. The van der Waals surface area contributed by atoms with Gasteiger partial charge in [-0.2, -0.15) is 0 Å². The first-order valence-corrected chi connectivity index (χ1v) is 13.7. The zero-order valence-corrected chi connectivity index (χ0v) is 20.0. The van der Waals surface area contributed by atoms with Crippen LogP contribution in [0, 0.1) is 0 Å². The van der Waals surface area contributed by atoms with E-state index in [9.17, 15) is 0 Å². The third kappa shape index (κ3) is 3.60. The predicted octanol–water partition coefficient (Wildman–Crippen LogP) is 7.27. The zero-order chi connectivity index (χ0) is 21.0. The number of methoxy groups -OCH3 is 1. The van der Waals surface area contributed by atoms with Gasteiger partial charge >= 0.3 is 0 Å². The SMILES string of the molecule is COc1cccc2cc3c4c(ccc3cc12)C[C@@](C)(O[Si](C)(C)C(C)(C)C)CC4. The van der Waals surface area contributed by atoms with Gasteiger partial charge in [0.25, 0.3) is 0 Å². The van der Waals surface area contributed by atoms with Gasteiger partial charge in [0.2, 0.25) is 0 Å². The van der Waals surface area contributed by atoms with Crippen LogP contribution in [0.3, 0.4) is 0 Å². The van der Waals surface area contributed by atoms with Crippen molar-refractivity contribution >= 4 is 29.9 Å². The highest BCUT2D eigenvalue weighted by Crippen LogP contribution is 2.44. The van der Waals surface area contributed by atoms with E-state index in [-0.39, 0.29) is 10.6 Å². The highest BCUT2D eigenvalue weighted by molar-refractivity contribution is 6.74. The van der Waals surface area contributed by atoms with Gasteiger partial charge in [-0.15, -0.1) is 0 Å². The van der Waals surface area contributed by atoms with Crippen molar-refractivity contribution in [1.82, 2.24) is 0 Å². The van der Waals surface area contributed by atoms with Crippen LogP contribution in [0.1, 0.15) is 45.2 Å². The molecule has 0 saturated carbocycles. The average molecular weight is 407 g/mol. The summed E-state index contributed by atoms with van der Waals surface area (Å²) in [6, 6.07) is 15.5. The van der Waals surface area contributed by atoms with Gasteiger partial charge in [-0.05, 0) is 83.4 Å². The molecule has 2 nitrogen and oxygen atoms in total. The van der Waals surface area contributed by atoms with Crippen molar-refractivity contribution in [1.29, 1.82) is 0 Å². The molecule has 154 valence electrons. The molecule has 0 heterocycles. The van der Waals surface area contributed by atoms with Crippen molar-refractivity contribution in [2.75, 3.05) is 7.11 Å². The summed E-state index contributed by atoms with van der Waals surface area (Å²) in [6.45, 7) is 14.0. The van der Waals surface area contributed by atoms with E-state index in [4.69, 9.17) is 9.16 Å². The quantitative estimate of drug-likeness (QED) is 0.336. The molecule has 1 atom stereocenters. The molecular formula is C26H34O2Si. The molecule has 3 heteroatoms. The van der Waals surface area contributed by atoms with E-state index in [0.717, 1.165) is 25.0 Å². The lowest BCUT2D eigenvalue weighted by Gasteiger charge is -2.46. The summed E-state index contributed by atoms with van der Waals surface area (Å²) in [6.07, 6.45) is 3.16. The number of hydrogen-bond acceptors (Lipinski definition) is 2. The summed E-state index contributed by atoms with van der Waals surface area (Å²) in [5.41, 5.74) is 2.89. The molecule has 0 spiro atoms.